The Morgan fingerprint density at radius 3 is 2.50 bits per heavy atom. The first-order valence-electron chi connectivity index (χ1n) is 8.04. The Labute approximate surface area is 128 Å². The molecule has 0 bridgehead atoms. The molecule has 2 fully saturated rings. The molecule has 2 atom stereocenters. The molecule has 116 valence electrons. The van der Waals surface area contributed by atoms with E-state index < -0.39 is 0 Å². The lowest BCUT2D eigenvalue weighted by Crippen LogP contribution is -2.52. The van der Waals surface area contributed by atoms with Gasteiger partial charge in [0.25, 0.3) is 0 Å². The van der Waals surface area contributed by atoms with Crippen molar-refractivity contribution in [3.8, 4) is 0 Å². The first kappa shape index (κ1) is 16.0. The molecular weight excluding hydrogens is 270 g/mol. The van der Waals surface area contributed by atoms with Crippen LogP contribution in [0.4, 0.5) is 0 Å². The lowest BCUT2D eigenvalue weighted by atomic mass is 9.98. The SMILES string of the molecule is C[C@@H]1CCC[C@@H](C)N1C(=S)NCCCN1CCOCC1. The molecule has 2 aliphatic heterocycles. The molecule has 0 aromatic heterocycles. The molecule has 5 heteroatoms. The first-order chi connectivity index (χ1) is 9.68. The van der Waals surface area contributed by atoms with Gasteiger partial charge in [-0.15, -0.1) is 0 Å². The van der Waals surface area contributed by atoms with Crippen LogP contribution in [-0.2, 0) is 4.74 Å². The number of nitrogens with zero attached hydrogens (tertiary/aromatic N) is 2. The van der Waals surface area contributed by atoms with Crippen LogP contribution in [0.1, 0.15) is 39.5 Å². The maximum atomic E-state index is 5.58. The van der Waals surface area contributed by atoms with Crippen molar-refractivity contribution < 1.29 is 4.74 Å². The van der Waals surface area contributed by atoms with Gasteiger partial charge >= 0.3 is 0 Å². The van der Waals surface area contributed by atoms with Gasteiger partial charge in [0.1, 0.15) is 0 Å². The molecule has 2 saturated heterocycles. The van der Waals surface area contributed by atoms with Gasteiger partial charge in [-0.2, -0.15) is 0 Å². The number of ether oxygens (including phenoxy) is 1. The van der Waals surface area contributed by atoms with Crippen molar-refractivity contribution in [3.63, 3.8) is 0 Å². The predicted octanol–water partition coefficient (Wildman–Crippen LogP) is 1.85. The Balaban J connectivity index is 1.64. The van der Waals surface area contributed by atoms with Crippen LogP contribution in [0.3, 0.4) is 0 Å². The molecule has 1 N–H and O–H groups in total. The summed E-state index contributed by atoms with van der Waals surface area (Å²) >= 11 is 5.58. The van der Waals surface area contributed by atoms with Crippen molar-refractivity contribution in [1.29, 1.82) is 0 Å². The standard InChI is InChI=1S/C15H29N3OS/c1-13-5-3-6-14(2)18(13)15(20)16-7-4-8-17-9-11-19-12-10-17/h13-14H,3-12H2,1-2H3,(H,16,20)/t13-,14-/m1/s1. The van der Waals surface area contributed by atoms with Crippen molar-refractivity contribution in [2.45, 2.75) is 51.6 Å². The van der Waals surface area contributed by atoms with E-state index in [2.05, 4.69) is 29.0 Å². The summed E-state index contributed by atoms with van der Waals surface area (Å²) in [6.45, 7) is 10.6. The van der Waals surface area contributed by atoms with Gasteiger partial charge in [0.05, 0.1) is 13.2 Å². The molecule has 0 amide bonds. The van der Waals surface area contributed by atoms with Gasteiger partial charge < -0.3 is 15.0 Å². The molecule has 0 unspecified atom stereocenters. The third-order valence-electron chi connectivity index (χ3n) is 4.46. The van der Waals surface area contributed by atoms with Crippen LogP contribution < -0.4 is 5.32 Å². The van der Waals surface area contributed by atoms with E-state index in [-0.39, 0.29) is 0 Å². The molecule has 0 aliphatic carbocycles. The number of thiocarbonyl (C=S) groups is 1. The van der Waals surface area contributed by atoms with Crippen LogP contribution >= 0.6 is 12.2 Å². The Hall–Kier alpha value is -0.390. The van der Waals surface area contributed by atoms with E-state index in [1.807, 2.05) is 0 Å². The van der Waals surface area contributed by atoms with Crippen LogP contribution in [0, 0.1) is 0 Å². The van der Waals surface area contributed by atoms with E-state index >= 15 is 0 Å². The number of morpholine rings is 1. The van der Waals surface area contributed by atoms with Gasteiger partial charge in [-0.3, -0.25) is 4.90 Å². The number of piperidine rings is 1. The lowest BCUT2D eigenvalue weighted by Gasteiger charge is -2.41. The monoisotopic (exact) mass is 299 g/mol. The zero-order valence-corrected chi connectivity index (χ0v) is 13.8. The summed E-state index contributed by atoms with van der Waals surface area (Å²) in [5.74, 6) is 0. The summed E-state index contributed by atoms with van der Waals surface area (Å²) < 4.78 is 5.36. The van der Waals surface area contributed by atoms with E-state index in [4.69, 9.17) is 17.0 Å². The second kappa shape index (κ2) is 8.15. The van der Waals surface area contributed by atoms with Crippen molar-refractivity contribution in [2.75, 3.05) is 39.4 Å². The summed E-state index contributed by atoms with van der Waals surface area (Å²) in [6, 6.07) is 1.16. The fraction of sp³-hybridized carbons (Fsp3) is 0.933. The van der Waals surface area contributed by atoms with Crippen LogP contribution in [0.25, 0.3) is 0 Å². The molecule has 0 aromatic rings. The summed E-state index contributed by atoms with van der Waals surface area (Å²) in [4.78, 5) is 4.87. The first-order valence-corrected chi connectivity index (χ1v) is 8.45. The number of hydrogen-bond acceptors (Lipinski definition) is 3. The molecule has 0 spiro atoms. The number of hydrogen-bond donors (Lipinski definition) is 1. The van der Waals surface area contributed by atoms with E-state index in [9.17, 15) is 0 Å². The fourth-order valence-corrected chi connectivity index (χ4v) is 3.70. The Kier molecular flexibility index (Phi) is 6.52. The molecule has 2 heterocycles. The fourth-order valence-electron chi connectivity index (χ4n) is 3.24. The highest BCUT2D eigenvalue weighted by Gasteiger charge is 2.26. The largest absolute Gasteiger partial charge is 0.379 e. The zero-order valence-electron chi connectivity index (χ0n) is 12.9. The normalized spacial score (nSPS) is 28.4. The quantitative estimate of drug-likeness (QED) is 0.632. The van der Waals surface area contributed by atoms with Gasteiger partial charge in [0, 0.05) is 31.7 Å². The van der Waals surface area contributed by atoms with Crippen LogP contribution in [0.5, 0.6) is 0 Å². The van der Waals surface area contributed by atoms with E-state index in [0.717, 1.165) is 50.9 Å². The summed E-state index contributed by atoms with van der Waals surface area (Å²) in [7, 11) is 0. The number of likely N-dealkylation sites (tertiary alicyclic amines) is 1. The highest BCUT2D eigenvalue weighted by molar-refractivity contribution is 7.80. The van der Waals surface area contributed by atoms with Crippen molar-refractivity contribution in [1.82, 2.24) is 15.1 Å². The maximum absolute atomic E-state index is 5.58. The third-order valence-corrected chi connectivity index (χ3v) is 4.81. The maximum Gasteiger partial charge on any atom is 0.169 e. The van der Waals surface area contributed by atoms with E-state index in [1.165, 1.54) is 19.3 Å². The topological polar surface area (TPSA) is 27.7 Å². The summed E-state index contributed by atoms with van der Waals surface area (Å²) in [6.07, 6.45) is 5.01. The van der Waals surface area contributed by atoms with Gasteiger partial charge in [0.2, 0.25) is 0 Å². The molecule has 0 saturated carbocycles. The zero-order chi connectivity index (χ0) is 14.4. The minimum atomic E-state index is 0.581. The van der Waals surface area contributed by atoms with Crippen molar-refractivity contribution in [3.05, 3.63) is 0 Å². The van der Waals surface area contributed by atoms with Crippen molar-refractivity contribution >= 4 is 17.3 Å². The second-order valence-electron chi connectivity index (χ2n) is 6.08. The van der Waals surface area contributed by atoms with Crippen LogP contribution in [0.2, 0.25) is 0 Å². The molecule has 20 heavy (non-hydrogen) atoms. The predicted molar refractivity (Wildman–Crippen MR) is 87.1 cm³/mol. The van der Waals surface area contributed by atoms with Gasteiger partial charge in [0.15, 0.2) is 5.11 Å². The van der Waals surface area contributed by atoms with Crippen LogP contribution in [-0.4, -0.2) is 66.4 Å². The molecule has 2 rings (SSSR count). The molecular formula is C15H29N3OS. The van der Waals surface area contributed by atoms with Gasteiger partial charge in [-0.25, -0.2) is 0 Å². The minimum absolute atomic E-state index is 0.581. The average molecular weight is 299 g/mol. The highest BCUT2D eigenvalue weighted by Crippen LogP contribution is 2.22. The van der Waals surface area contributed by atoms with Gasteiger partial charge in [-0.05, 0) is 58.3 Å². The minimum Gasteiger partial charge on any atom is -0.379 e. The Morgan fingerprint density at radius 2 is 1.85 bits per heavy atom. The highest BCUT2D eigenvalue weighted by atomic mass is 32.1. The number of nitrogens with one attached hydrogen (secondary N) is 1. The van der Waals surface area contributed by atoms with Crippen LogP contribution in [0.15, 0.2) is 0 Å². The third kappa shape index (κ3) is 4.57. The van der Waals surface area contributed by atoms with E-state index in [1.54, 1.807) is 0 Å². The van der Waals surface area contributed by atoms with E-state index in [0.29, 0.717) is 12.1 Å². The summed E-state index contributed by atoms with van der Waals surface area (Å²) in [5.41, 5.74) is 0. The number of rotatable bonds is 4. The average Bonchev–Trinajstić information content (AvgIpc) is 2.44. The Bertz CT molecular complexity index is 297. The Morgan fingerprint density at radius 1 is 1.20 bits per heavy atom. The van der Waals surface area contributed by atoms with Gasteiger partial charge in [-0.1, -0.05) is 0 Å². The van der Waals surface area contributed by atoms with Crippen molar-refractivity contribution in [2.24, 2.45) is 0 Å². The molecule has 0 aromatic carbocycles. The summed E-state index contributed by atoms with van der Waals surface area (Å²) in [5, 5.41) is 4.40. The smallest absolute Gasteiger partial charge is 0.169 e. The molecule has 2 aliphatic rings. The molecule has 4 nitrogen and oxygen atoms in total. The second-order valence-corrected chi connectivity index (χ2v) is 6.46. The molecule has 0 radical (unpaired) electrons. The lowest BCUT2D eigenvalue weighted by molar-refractivity contribution is 0.0375.